The summed E-state index contributed by atoms with van der Waals surface area (Å²) >= 11 is 0. The Morgan fingerprint density at radius 1 is 1.19 bits per heavy atom. The van der Waals surface area contributed by atoms with Crippen molar-refractivity contribution in [3.05, 3.63) is 48.2 Å². The Kier molecular flexibility index (Phi) is 2.42. The second kappa shape index (κ2) is 3.92. The average Bonchev–Trinajstić information content (AvgIpc) is 2.75. The predicted octanol–water partition coefficient (Wildman–Crippen LogP) is 2.75. The minimum Gasteiger partial charge on any atom is -0.468 e. The van der Waals surface area contributed by atoms with Crippen LogP contribution in [0.4, 0.5) is 0 Å². The summed E-state index contributed by atoms with van der Waals surface area (Å²) in [7, 11) is 0. The summed E-state index contributed by atoms with van der Waals surface area (Å²) in [6.07, 6.45) is 5.25. The van der Waals surface area contributed by atoms with Crippen molar-refractivity contribution in [1.82, 2.24) is 0 Å². The molecule has 3 rings (SSSR count). The van der Waals surface area contributed by atoms with E-state index < -0.39 is 5.79 Å². The van der Waals surface area contributed by atoms with Crippen LogP contribution in [-0.2, 0) is 14.2 Å². The van der Waals surface area contributed by atoms with Gasteiger partial charge in [-0.1, -0.05) is 30.3 Å². The normalized spacial score (nSPS) is 32.9. The van der Waals surface area contributed by atoms with Gasteiger partial charge in [0.1, 0.15) is 6.61 Å². The van der Waals surface area contributed by atoms with E-state index in [9.17, 15) is 0 Å². The molecule has 1 spiro atoms. The Morgan fingerprint density at radius 3 is 2.81 bits per heavy atom. The highest BCUT2D eigenvalue weighted by Gasteiger charge is 2.43. The maximum atomic E-state index is 5.88. The van der Waals surface area contributed by atoms with Crippen LogP contribution in [0.15, 0.2) is 42.7 Å². The molecule has 0 aliphatic carbocycles. The number of rotatable bonds is 1. The van der Waals surface area contributed by atoms with Crippen LogP contribution in [0.25, 0.3) is 0 Å². The van der Waals surface area contributed by atoms with Gasteiger partial charge in [-0.05, 0) is 12.5 Å². The number of benzene rings is 1. The zero-order valence-corrected chi connectivity index (χ0v) is 8.96. The van der Waals surface area contributed by atoms with Crippen molar-refractivity contribution in [1.29, 1.82) is 0 Å². The minimum absolute atomic E-state index is 0.298. The van der Waals surface area contributed by atoms with Crippen LogP contribution in [0.2, 0.25) is 0 Å². The molecular formula is C13H14O3. The van der Waals surface area contributed by atoms with Crippen LogP contribution in [0.3, 0.4) is 0 Å². The molecule has 1 aromatic rings. The van der Waals surface area contributed by atoms with Gasteiger partial charge in [0.05, 0.1) is 6.26 Å². The van der Waals surface area contributed by atoms with E-state index in [4.69, 9.17) is 14.2 Å². The molecule has 84 valence electrons. The first-order valence-corrected chi connectivity index (χ1v) is 5.55. The van der Waals surface area contributed by atoms with Gasteiger partial charge >= 0.3 is 0 Å². The summed E-state index contributed by atoms with van der Waals surface area (Å²) in [5.74, 6) is -0.560. The Hall–Kier alpha value is -1.32. The van der Waals surface area contributed by atoms with Crippen LogP contribution >= 0.6 is 0 Å². The molecule has 3 nitrogen and oxygen atoms in total. The fourth-order valence-electron chi connectivity index (χ4n) is 2.04. The van der Waals surface area contributed by atoms with E-state index in [0.717, 1.165) is 18.4 Å². The molecule has 0 N–H and O–H groups in total. The Balaban J connectivity index is 1.76. The van der Waals surface area contributed by atoms with Crippen LogP contribution in [0.5, 0.6) is 0 Å². The standard InChI is InChI=1S/C13H14O3/c1-2-6-11(7-3-1)12-14-10-13(16-12)8-4-5-9-15-13/h1-3,5-7,9,12H,4,8,10H2. The SMILES string of the molecule is C1=COC2(CC1)COC(c1ccccc1)O2. The molecular weight excluding hydrogens is 204 g/mol. The number of ether oxygens (including phenoxy) is 3. The molecule has 16 heavy (non-hydrogen) atoms. The smallest absolute Gasteiger partial charge is 0.236 e. The van der Waals surface area contributed by atoms with E-state index in [-0.39, 0.29) is 6.29 Å². The van der Waals surface area contributed by atoms with Gasteiger partial charge in [0, 0.05) is 12.0 Å². The first kappa shape index (κ1) is 9.87. The molecule has 3 heteroatoms. The van der Waals surface area contributed by atoms with Crippen molar-refractivity contribution in [2.24, 2.45) is 0 Å². The summed E-state index contributed by atoms with van der Waals surface area (Å²) in [5, 5.41) is 0. The number of hydrogen-bond donors (Lipinski definition) is 0. The molecule has 0 amide bonds. The van der Waals surface area contributed by atoms with Crippen LogP contribution < -0.4 is 0 Å². The van der Waals surface area contributed by atoms with E-state index in [0.29, 0.717) is 6.61 Å². The van der Waals surface area contributed by atoms with Crippen LogP contribution in [-0.4, -0.2) is 12.4 Å². The fraction of sp³-hybridized carbons (Fsp3) is 0.385. The third-order valence-corrected chi connectivity index (χ3v) is 2.92. The highest BCUT2D eigenvalue weighted by molar-refractivity contribution is 5.16. The summed E-state index contributed by atoms with van der Waals surface area (Å²) in [6, 6.07) is 9.95. The lowest BCUT2D eigenvalue weighted by Gasteiger charge is -2.28. The zero-order chi connectivity index (χ0) is 10.8. The quantitative estimate of drug-likeness (QED) is 0.725. The molecule has 2 aliphatic rings. The summed E-state index contributed by atoms with van der Waals surface area (Å²) in [5.41, 5.74) is 1.04. The fourth-order valence-corrected chi connectivity index (χ4v) is 2.04. The van der Waals surface area contributed by atoms with Crippen molar-refractivity contribution >= 4 is 0 Å². The van der Waals surface area contributed by atoms with Gasteiger partial charge in [-0.25, -0.2) is 0 Å². The van der Waals surface area contributed by atoms with Crippen LogP contribution in [0.1, 0.15) is 24.7 Å². The maximum Gasteiger partial charge on any atom is 0.236 e. The highest BCUT2D eigenvalue weighted by atomic mass is 16.8. The van der Waals surface area contributed by atoms with E-state index in [2.05, 4.69) is 0 Å². The van der Waals surface area contributed by atoms with E-state index in [1.807, 2.05) is 36.4 Å². The lowest BCUT2D eigenvalue weighted by Crippen LogP contribution is -2.34. The highest BCUT2D eigenvalue weighted by Crippen LogP contribution is 2.38. The molecule has 1 fully saturated rings. The molecule has 2 heterocycles. The van der Waals surface area contributed by atoms with Gasteiger partial charge in [-0.2, -0.15) is 0 Å². The molecule has 0 aromatic heterocycles. The van der Waals surface area contributed by atoms with E-state index >= 15 is 0 Å². The largest absolute Gasteiger partial charge is 0.468 e. The van der Waals surface area contributed by atoms with Crippen molar-refractivity contribution in [2.45, 2.75) is 24.9 Å². The van der Waals surface area contributed by atoms with Crippen molar-refractivity contribution in [3.8, 4) is 0 Å². The molecule has 2 unspecified atom stereocenters. The summed E-state index contributed by atoms with van der Waals surface area (Å²) < 4.78 is 17.1. The maximum absolute atomic E-state index is 5.88. The van der Waals surface area contributed by atoms with E-state index in [1.54, 1.807) is 6.26 Å². The molecule has 2 atom stereocenters. The second-order valence-electron chi connectivity index (χ2n) is 4.11. The molecule has 2 aliphatic heterocycles. The molecule has 0 radical (unpaired) electrons. The van der Waals surface area contributed by atoms with Gasteiger partial charge < -0.3 is 14.2 Å². The summed E-state index contributed by atoms with van der Waals surface area (Å²) in [4.78, 5) is 0. The van der Waals surface area contributed by atoms with Gasteiger partial charge in [0.25, 0.3) is 0 Å². The molecule has 0 saturated carbocycles. The van der Waals surface area contributed by atoms with Gasteiger partial charge in [-0.15, -0.1) is 0 Å². The minimum atomic E-state index is -0.560. The summed E-state index contributed by atoms with van der Waals surface area (Å²) in [6.45, 7) is 0.497. The van der Waals surface area contributed by atoms with Crippen molar-refractivity contribution in [3.63, 3.8) is 0 Å². The van der Waals surface area contributed by atoms with Gasteiger partial charge in [0.15, 0.2) is 6.29 Å². The van der Waals surface area contributed by atoms with Gasteiger partial charge in [-0.3, -0.25) is 0 Å². The number of allylic oxidation sites excluding steroid dienone is 1. The lowest BCUT2D eigenvalue weighted by atomic mass is 10.1. The average molecular weight is 218 g/mol. The van der Waals surface area contributed by atoms with Gasteiger partial charge in [0.2, 0.25) is 5.79 Å². The van der Waals surface area contributed by atoms with Crippen molar-refractivity contribution in [2.75, 3.05) is 6.61 Å². The third-order valence-electron chi connectivity index (χ3n) is 2.92. The Labute approximate surface area is 94.6 Å². The monoisotopic (exact) mass is 218 g/mol. The van der Waals surface area contributed by atoms with E-state index in [1.165, 1.54) is 0 Å². The first-order chi connectivity index (χ1) is 7.88. The Morgan fingerprint density at radius 2 is 2.06 bits per heavy atom. The lowest BCUT2D eigenvalue weighted by molar-refractivity contribution is -0.206. The molecule has 0 bridgehead atoms. The molecule has 1 aromatic carbocycles. The number of hydrogen-bond acceptors (Lipinski definition) is 3. The van der Waals surface area contributed by atoms with Crippen LogP contribution in [0, 0.1) is 0 Å². The third kappa shape index (κ3) is 1.72. The topological polar surface area (TPSA) is 27.7 Å². The molecule has 1 saturated heterocycles. The second-order valence-corrected chi connectivity index (χ2v) is 4.11. The Bertz CT molecular complexity index is 387. The predicted molar refractivity (Wildman–Crippen MR) is 58.4 cm³/mol. The zero-order valence-electron chi connectivity index (χ0n) is 8.96. The van der Waals surface area contributed by atoms with Crippen molar-refractivity contribution < 1.29 is 14.2 Å². The first-order valence-electron chi connectivity index (χ1n) is 5.55.